The average molecular weight is 286 g/mol. The van der Waals surface area contributed by atoms with Gasteiger partial charge in [-0.25, -0.2) is 8.42 Å². The SMILES string of the molecule is CCOC(=O)CCS(=O)(=O)Nc1cc(C)ccc1N. The molecule has 106 valence electrons. The summed E-state index contributed by atoms with van der Waals surface area (Å²) < 4.78 is 30.6. The number of sulfonamides is 1. The fourth-order valence-electron chi connectivity index (χ4n) is 1.43. The number of rotatable bonds is 6. The molecule has 0 bridgehead atoms. The maximum absolute atomic E-state index is 11.8. The number of carbonyl (C=O) groups excluding carboxylic acids is 1. The summed E-state index contributed by atoms with van der Waals surface area (Å²) >= 11 is 0. The van der Waals surface area contributed by atoms with Crippen LogP contribution in [0, 0.1) is 6.92 Å². The quantitative estimate of drug-likeness (QED) is 0.606. The minimum absolute atomic E-state index is 0.186. The van der Waals surface area contributed by atoms with Crippen LogP contribution >= 0.6 is 0 Å². The van der Waals surface area contributed by atoms with Gasteiger partial charge in [-0.15, -0.1) is 0 Å². The highest BCUT2D eigenvalue weighted by molar-refractivity contribution is 7.92. The molecule has 0 aliphatic rings. The Morgan fingerprint density at radius 1 is 1.42 bits per heavy atom. The Morgan fingerprint density at radius 2 is 2.11 bits per heavy atom. The van der Waals surface area contributed by atoms with Crippen molar-refractivity contribution in [3.05, 3.63) is 23.8 Å². The van der Waals surface area contributed by atoms with Crippen molar-refractivity contribution in [1.29, 1.82) is 0 Å². The lowest BCUT2D eigenvalue weighted by molar-refractivity contribution is -0.142. The smallest absolute Gasteiger partial charge is 0.306 e. The lowest BCUT2D eigenvalue weighted by Crippen LogP contribution is -2.20. The zero-order valence-electron chi connectivity index (χ0n) is 11.0. The van der Waals surface area contributed by atoms with Gasteiger partial charge in [0.2, 0.25) is 10.0 Å². The number of hydrogen-bond donors (Lipinski definition) is 2. The van der Waals surface area contributed by atoms with Crippen LogP contribution in [0.4, 0.5) is 11.4 Å². The zero-order valence-corrected chi connectivity index (χ0v) is 11.8. The first-order valence-corrected chi connectivity index (χ1v) is 7.51. The van der Waals surface area contributed by atoms with Crippen LogP contribution in [0.2, 0.25) is 0 Å². The number of ether oxygens (including phenoxy) is 1. The number of benzene rings is 1. The van der Waals surface area contributed by atoms with E-state index in [1.54, 1.807) is 25.1 Å². The summed E-state index contributed by atoms with van der Waals surface area (Å²) in [5, 5.41) is 0. The summed E-state index contributed by atoms with van der Waals surface area (Å²) in [6.45, 7) is 3.73. The van der Waals surface area contributed by atoms with Gasteiger partial charge < -0.3 is 10.5 Å². The minimum Gasteiger partial charge on any atom is -0.466 e. The van der Waals surface area contributed by atoms with E-state index in [9.17, 15) is 13.2 Å². The van der Waals surface area contributed by atoms with Crippen molar-refractivity contribution in [1.82, 2.24) is 0 Å². The lowest BCUT2D eigenvalue weighted by Gasteiger charge is -2.10. The van der Waals surface area contributed by atoms with E-state index in [1.807, 2.05) is 6.92 Å². The van der Waals surface area contributed by atoms with Crippen LogP contribution in [0.25, 0.3) is 0 Å². The van der Waals surface area contributed by atoms with E-state index < -0.39 is 16.0 Å². The molecule has 0 amide bonds. The molecule has 19 heavy (non-hydrogen) atoms. The van der Waals surface area contributed by atoms with E-state index in [4.69, 9.17) is 5.73 Å². The van der Waals surface area contributed by atoms with Crippen LogP contribution in [0.3, 0.4) is 0 Å². The number of hydrogen-bond acceptors (Lipinski definition) is 5. The maximum atomic E-state index is 11.8. The molecule has 0 spiro atoms. The minimum atomic E-state index is -3.62. The van der Waals surface area contributed by atoms with Crippen molar-refractivity contribution in [3.8, 4) is 0 Å². The van der Waals surface area contributed by atoms with E-state index >= 15 is 0 Å². The van der Waals surface area contributed by atoms with Crippen LogP contribution < -0.4 is 10.5 Å². The van der Waals surface area contributed by atoms with Gasteiger partial charge in [-0.05, 0) is 31.5 Å². The summed E-state index contributed by atoms with van der Waals surface area (Å²) in [4.78, 5) is 11.1. The van der Waals surface area contributed by atoms with Crippen molar-refractivity contribution in [3.63, 3.8) is 0 Å². The fraction of sp³-hybridized carbons (Fsp3) is 0.417. The molecule has 0 unspecified atom stereocenters. The molecule has 1 rings (SSSR count). The highest BCUT2D eigenvalue weighted by Crippen LogP contribution is 2.21. The van der Waals surface area contributed by atoms with Crippen LogP contribution in [0.1, 0.15) is 18.9 Å². The van der Waals surface area contributed by atoms with Crippen LogP contribution in [0.15, 0.2) is 18.2 Å². The second-order valence-electron chi connectivity index (χ2n) is 4.07. The second kappa shape index (κ2) is 6.42. The number of nitrogen functional groups attached to an aromatic ring is 1. The molecular weight excluding hydrogens is 268 g/mol. The predicted octanol–water partition coefficient (Wildman–Crippen LogP) is 1.27. The molecule has 1 aromatic rings. The Labute approximate surface area is 113 Å². The number of nitrogens with two attached hydrogens (primary N) is 1. The van der Waals surface area contributed by atoms with Gasteiger partial charge in [0.05, 0.1) is 30.2 Å². The summed E-state index contributed by atoms with van der Waals surface area (Å²) in [6.07, 6.45) is -0.186. The second-order valence-corrected chi connectivity index (χ2v) is 5.91. The topological polar surface area (TPSA) is 98.5 Å². The Kier molecular flexibility index (Phi) is 5.17. The van der Waals surface area contributed by atoms with Gasteiger partial charge in [-0.3, -0.25) is 9.52 Å². The molecule has 0 radical (unpaired) electrons. The molecule has 0 aliphatic heterocycles. The summed E-state index contributed by atoms with van der Waals surface area (Å²) in [5.74, 6) is -0.871. The molecule has 0 aliphatic carbocycles. The van der Waals surface area contributed by atoms with E-state index in [-0.39, 0.29) is 18.8 Å². The predicted molar refractivity (Wildman–Crippen MR) is 74.3 cm³/mol. The van der Waals surface area contributed by atoms with E-state index in [2.05, 4.69) is 9.46 Å². The first-order chi connectivity index (χ1) is 8.84. The van der Waals surface area contributed by atoms with Crippen LogP contribution in [-0.2, 0) is 19.6 Å². The zero-order chi connectivity index (χ0) is 14.5. The third-order valence-electron chi connectivity index (χ3n) is 2.35. The third-order valence-corrected chi connectivity index (χ3v) is 3.63. The summed E-state index contributed by atoms with van der Waals surface area (Å²) in [6, 6.07) is 5.04. The molecule has 1 aromatic carbocycles. The average Bonchev–Trinajstić information content (AvgIpc) is 2.32. The molecule has 6 nitrogen and oxygen atoms in total. The summed E-state index contributed by atoms with van der Waals surface area (Å²) in [5.41, 5.74) is 7.23. The van der Waals surface area contributed by atoms with Crippen molar-refractivity contribution in [2.45, 2.75) is 20.3 Å². The molecule has 7 heteroatoms. The normalized spacial score (nSPS) is 11.1. The van der Waals surface area contributed by atoms with E-state index in [0.717, 1.165) is 5.56 Å². The molecule has 0 heterocycles. The molecule has 0 fully saturated rings. The number of aryl methyl sites for hydroxylation is 1. The standard InChI is InChI=1S/C12H18N2O4S/c1-3-18-12(15)6-7-19(16,17)14-11-8-9(2)4-5-10(11)13/h4-5,8,14H,3,6-7,13H2,1-2H3. The summed E-state index contributed by atoms with van der Waals surface area (Å²) in [7, 11) is -3.62. The van der Waals surface area contributed by atoms with E-state index in [1.165, 1.54) is 0 Å². The van der Waals surface area contributed by atoms with Gasteiger partial charge in [-0.2, -0.15) is 0 Å². The molecule has 0 saturated carbocycles. The first-order valence-electron chi connectivity index (χ1n) is 5.86. The Morgan fingerprint density at radius 3 is 2.74 bits per heavy atom. The molecule has 3 N–H and O–H groups in total. The third kappa shape index (κ3) is 5.17. The fourth-order valence-corrected chi connectivity index (χ4v) is 2.48. The molecular formula is C12H18N2O4S. The van der Waals surface area contributed by atoms with Gasteiger partial charge in [-0.1, -0.05) is 6.07 Å². The first kappa shape index (κ1) is 15.3. The largest absolute Gasteiger partial charge is 0.466 e. The number of carbonyl (C=O) groups is 1. The Bertz CT molecular complexity index is 555. The monoisotopic (exact) mass is 286 g/mol. The van der Waals surface area contributed by atoms with Crippen molar-refractivity contribution >= 4 is 27.4 Å². The van der Waals surface area contributed by atoms with Crippen LogP contribution in [-0.4, -0.2) is 26.7 Å². The van der Waals surface area contributed by atoms with Crippen molar-refractivity contribution in [2.24, 2.45) is 0 Å². The number of anilines is 2. The van der Waals surface area contributed by atoms with Gasteiger partial charge in [0.1, 0.15) is 0 Å². The van der Waals surface area contributed by atoms with Gasteiger partial charge in [0.25, 0.3) is 0 Å². The highest BCUT2D eigenvalue weighted by Gasteiger charge is 2.15. The molecule has 0 aromatic heterocycles. The maximum Gasteiger partial charge on any atom is 0.306 e. The van der Waals surface area contributed by atoms with Crippen molar-refractivity contribution < 1.29 is 17.9 Å². The number of nitrogens with one attached hydrogen (secondary N) is 1. The van der Waals surface area contributed by atoms with E-state index in [0.29, 0.717) is 11.4 Å². The van der Waals surface area contributed by atoms with Gasteiger partial charge in [0, 0.05) is 0 Å². The Hall–Kier alpha value is -1.76. The highest BCUT2D eigenvalue weighted by atomic mass is 32.2. The number of esters is 1. The van der Waals surface area contributed by atoms with Crippen LogP contribution in [0.5, 0.6) is 0 Å². The van der Waals surface area contributed by atoms with Gasteiger partial charge in [0.15, 0.2) is 0 Å². The lowest BCUT2D eigenvalue weighted by atomic mass is 10.2. The molecule has 0 saturated heterocycles. The van der Waals surface area contributed by atoms with Crippen molar-refractivity contribution in [2.75, 3.05) is 22.8 Å². The van der Waals surface area contributed by atoms with Gasteiger partial charge >= 0.3 is 5.97 Å². The Balaban J connectivity index is 2.69. The molecule has 0 atom stereocenters.